The van der Waals surface area contributed by atoms with Crippen molar-refractivity contribution in [2.24, 2.45) is 11.8 Å². The SMILES string of the molecule is CCOC(=O)C12CC1C=CCCCCC[C@@H](CC(=O)N1CCCCC1)C(=O)N1C[C@H](Oc3cc(-c4ccccc4)nc4cc(OC)ccc34)C[C@H]1C(=O)N2. The first-order valence-electron chi connectivity index (χ1n) is 19.7. The largest absolute Gasteiger partial charge is 0.497 e. The van der Waals surface area contributed by atoms with Crippen LogP contribution in [0, 0.1) is 11.8 Å². The molecule has 2 aromatic carbocycles. The summed E-state index contributed by atoms with van der Waals surface area (Å²) < 4.78 is 17.8. The second-order valence-electron chi connectivity index (χ2n) is 15.1. The minimum Gasteiger partial charge on any atom is -0.497 e. The van der Waals surface area contributed by atoms with Crippen molar-refractivity contribution in [1.29, 1.82) is 0 Å². The van der Waals surface area contributed by atoms with Gasteiger partial charge in [0.2, 0.25) is 17.7 Å². The summed E-state index contributed by atoms with van der Waals surface area (Å²) in [5.41, 5.74) is 1.15. The highest BCUT2D eigenvalue weighted by molar-refractivity contribution is 5.96. The number of carbonyl (C=O) groups excluding carboxylic acids is 4. The number of nitrogens with one attached hydrogen (secondary N) is 1. The van der Waals surface area contributed by atoms with E-state index in [0.29, 0.717) is 48.6 Å². The molecule has 7 rings (SSSR count). The molecule has 3 aromatic rings. The molecule has 4 heterocycles. The Morgan fingerprint density at radius 1 is 0.981 bits per heavy atom. The van der Waals surface area contributed by atoms with Gasteiger partial charge in [-0.15, -0.1) is 0 Å². The number of benzene rings is 2. The number of hydrogen-bond acceptors (Lipinski definition) is 8. The first-order valence-corrected chi connectivity index (χ1v) is 19.7. The molecule has 3 fully saturated rings. The van der Waals surface area contributed by atoms with E-state index in [0.717, 1.165) is 55.9 Å². The molecule has 1 N–H and O–H groups in total. The molecule has 54 heavy (non-hydrogen) atoms. The Morgan fingerprint density at radius 3 is 2.56 bits per heavy atom. The van der Waals surface area contributed by atoms with Crippen LogP contribution < -0.4 is 14.8 Å². The van der Waals surface area contributed by atoms with Crippen molar-refractivity contribution in [2.45, 2.75) is 95.2 Å². The van der Waals surface area contributed by atoms with Crippen molar-refractivity contribution in [1.82, 2.24) is 20.1 Å². The molecule has 0 radical (unpaired) electrons. The number of piperidine rings is 1. The maximum absolute atomic E-state index is 14.7. The summed E-state index contributed by atoms with van der Waals surface area (Å²) in [5, 5.41) is 3.84. The van der Waals surface area contributed by atoms with Crippen LogP contribution in [0.3, 0.4) is 0 Å². The van der Waals surface area contributed by atoms with Gasteiger partial charge in [0.1, 0.15) is 29.2 Å². The van der Waals surface area contributed by atoms with E-state index in [1.54, 1.807) is 18.9 Å². The number of allylic oxidation sites excluding steroid dienone is 1. The van der Waals surface area contributed by atoms with E-state index in [2.05, 4.69) is 11.4 Å². The molecule has 1 aromatic heterocycles. The van der Waals surface area contributed by atoms with Gasteiger partial charge in [-0.3, -0.25) is 14.4 Å². The number of pyridine rings is 1. The fourth-order valence-corrected chi connectivity index (χ4v) is 8.35. The highest BCUT2D eigenvalue weighted by atomic mass is 16.5. The van der Waals surface area contributed by atoms with Crippen LogP contribution in [0.15, 0.2) is 66.7 Å². The van der Waals surface area contributed by atoms with Gasteiger partial charge in [-0.1, -0.05) is 55.3 Å². The zero-order valence-corrected chi connectivity index (χ0v) is 31.5. The molecule has 3 amide bonds. The Bertz CT molecular complexity index is 1880. The van der Waals surface area contributed by atoms with Crippen LogP contribution in [-0.4, -0.2) is 89.5 Å². The van der Waals surface area contributed by atoms with E-state index in [4.69, 9.17) is 19.2 Å². The van der Waals surface area contributed by atoms with Gasteiger partial charge in [0.05, 0.1) is 31.5 Å². The predicted octanol–water partition coefficient (Wildman–Crippen LogP) is 6.24. The standard InChI is InChI=1S/C43H52N4O7/c1-3-53-42(51)43-27-31(43)18-12-6-4-5-9-17-30(23-39(48)46-21-13-8-14-22-46)41(50)47-28-33(25-37(47)40(49)45-43)54-38-26-35(29-15-10-7-11-16-29)44-36-24-32(52-2)19-20-34(36)38/h7,10-12,15-16,18-20,24,26,30-31,33,37H,3-6,8-9,13-14,17,21-23,25,27-28H2,1-2H3,(H,45,49)/t30-,31?,33+,37-,43?/m0/s1. The maximum Gasteiger partial charge on any atom is 0.332 e. The Kier molecular flexibility index (Phi) is 11.5. The number of aromatic nitrogens is 1. The highest BCUT2D eigenvalue weighted by Crippen LogP contribution is 2.46. The van der Waals surface area contributed by atoms with Gasteiger partial charge in [0.25, 0.3) is 0 Å². The monoisotopic (exact) mass is 736 g/mol. The Morgan fingerprint density at radius 2 is 1.78 bits per heavy atom. The smallest absolute Gasteiger partial charge is 0.332 e. The summed E-state index contributed by atoms with van der Waals surface area (Å²) in [6.07, 6.45) is 11.4. The molecule has 2 unspecified atom stereocenters. The summed E-state index contributed by atoms with van der Waals surface area (Å²) in [7, 11) is 1.61. The molecule has 4 aliphatic rings. The van der Waals surface area contributed by atoms with Crippen LogP contribution in [-0.2, 0) is 23.9 Å². The summed E-state index contributed by atoms with van der Waals surface area (Å²) in [6, 6.07) is 16.5. The number of esters is 1. The number of hydrogen-bond donors (Lipinski definition) is 1. The molecule has 286 valence electrons. The third-order valence-corrected chi connectivity index (χ3v) is 11.5. The first kappa shape index (κ1) is 37.4. The third kappa shape index (κ3) is 8.10. The first-order chi connectivity index (χ1) is 26.3. The molecule has 0 bridgehead atoms. The Balaban J connectivity index is 1.22. The molecule has 11 heteroatoms. The lowest BCUT2D eigenvalue weighted by molar-refractivity contribution is -0.150. The minimum absolute atomic E-state index is 0.00360. The van der Waals surface area contributed by atoms with Crippen LogP contribution in [0.25, 0.3) is 22.2 Å². The second kappa shape index (κ2) is 16.6. The van der Waals surface area contributed by atoms with Crippen molar-refractivity contribution in [3.8, 4) is 22.8 Å². The van der Waals surface area contributed by atoms with Gasteiger partial charge < -0.3 is 29.3 Å². The summed E-state index contributed by atoms with van der Waals surface area (Å²) in [6.45, 7) is 3.53. The van der Waals surface area contributed by atoms with Crippen molar-refractivity contribution in [3.63, 3.8) is 0 Å². The van der Waals surface area contributed by atoms with E-state index in [1.165, 1.54) is 0 Å². The minimum atomic E-state index is -1.17. The van der Waals surface area contributed by atoms with Gasteiger partial charge >= 0.3 is 5.97 Å². The number of nitrogens with zero attached hydrogens (tertiary/aromatic N) is 3. The lowest BCUT2D eigenvalue weighted by Crippen LogP contribution is -2.54. The molecular weight excluding hydrogens is 684 g/mol. The Labute approximate surface area is 317 Å². The van der Waals surface area contributed by atoms with Crippen LogP contribution in [0.4, 0.5) is 0 Å². The van der Waals surface area contributed by atoms with Crippen molar-refractivity contribution in [3.05, 3.63) is 66.7 Å². The number of methoxy groups -OCH3 is 1. The number of amides is 3. The lowest BCUT2D eigenvalue weighted by atomic mass is 9.94. The number of likely N-dealkylation sites (tertiary alicyclic amines) is 1. The number of ether oxygens (including phenoxy) is 3. The molecule has 11 nitrogen and oxygen atoms in total. The van der Waals surface area contributed by atoms with Crippen molar-refractivity contribution in [2.75, 3.05) is 33.4 Å². The third-order valence-electron chi connectivity index (χ3n) is 11.5. The Hall–Kier alpha value is -4.93. The van der Waals surface area contributed by atoms with E-state index in [-0.39, 0.29) is 43.7 Å². The van der Waals surface area contributed by atoms with Crippen molar-refractivity contribution < 1.29 is 33.4 Å². The highest BCUT2D eigenvalue weighted by Gasteiger charge is 2.62. The molecule has 5 atom stereocenters. The summed E-state index contributed by atoms with van der Waals surface area (Å²) in [5.74, 6) is -0.608. The van der Waals surface area contributed by atoms with Crippen LogP contribution >= 0.6 is 0 Å². The zero-order chi connectivity index (χ0) is 37.7. The van der Waals surface area contributed by atoms with E-state index in [9.17, 15) is 19.2 Å². The normalized spacial score (nSPS) is 26.2. The maximum atomic E-state index is 14.7. The van der Waals surface area contributed by atoms with E-state index in [1.807, 2.05) is 65.6 Å². The fraction of sp³-hybridized carbons (Fsp3) is 0.512. The number of fused-ring (bicyclic) bond motifs is 3. The lowest BCUT2D eigenvalue weighted by Gasteiger charge is -2.31. The van der Waals surface area contributed by atoms with E-state index >= 15 is 0 Å². The van der Waals surface area contributed by atoms with Gasteiger partial charge in [-0.25, -0.2) is 9.78 Å². The predicted molar refractivity (Wildman–Crippen MR) is 205 cm³/mol. The average Bonchev–Trinajstić information content (AvgIpc) is 3.73. The van der Waals surface area contributed by atoms with Gasteiger partial charge in [-0.05, 0) is 64.0 Å². The molecule has 2 saturated heterocycles. The summed E-state index contributed by atoms with van der Waals surface area (Å²) >= 11 is 0. The second-order valence-corrected chi connectivity index (χ2v) is 15.1. The molecule has 1 aliphatic carbocycles. The number of rotatable bonds is 8. The van der Waals surface area contributed by atoms with Gasteiger partial charge in [-0.2, -0.15) is 0 Å². The number of carbonyl (C=O) groups is 4. The van der Waals surface area contributed by atoms with Crippen molar-refractivity contribution >= 4 is 34.6 Å². The zero-order valence-electron chi connectivity index (χ0n) is 31.5. The average molecular weight is 737 g/mol. The van der Waals surface area contributed by atoms with E-state index < -0.39 is 35.5 Å². The molecule has 1 saturated carbocycles. The quantitative estimate of drug-likeness (QED) is 0.213. The topological polar surface area (TPSA) is 127 Å². The van der Waals surface area contributed by atoms with Gasteiger partial charge in [0.15, 0.2) is 0 Å². The van der Waals surface area contributed by atoms with Gasteiger partial charge in [0, 0.05) is 60.8 Å². The molecular formula is C43H52N4O7. The fourth-order valence-electron chi connectivity index (χ4n) is 8.35. The molecule has 3 aliphatic heterocycles. The summed E-state index contributed by atoms with van der Waals surface area (Å²) in [4.78, 5) is 64.6. The molecule has 0 spiro atoms. The van der Waals surface area contributed by atoms with Crippen LogP contribution in [0.5, 0.6) is 11.5 Å². The van der Waals surface area contributed by atoms with Crippen LogP contribution in [0.2, 0.25) is 0 Å². The van der Waals surface area contributed by atoms with Crippen LogP contribution in [0.1, 0.15) is 77.6 Å².